The van der Waals surface area contributed by atoms with E-state index in [4.69, 9.17) is 5.11 Å². The fourth-order valence-electron chi connectivity index (χ4n) is 1.72. The monoisotopic (exact) mass is 242 g/mol. The van der Waals surface area contributed by atoms with Gasteiger partial charge >= 0.3 is 12.0 Å². The zero-order valence-corrected chi connectivity index (χ0v) is 11.0. The maximum absolute atomic E-state index is 12.0. The molecular weight excluding hydrogens is 220 g/mol. The molecule has 0 radical (unpaired) electrons. The lowest BCUT2D eigenvalue weighted by atomic mass is 9.77. The molecule has 1 fully saturated rings. The highest BCUT2D eigenvalue weighted by atomic mass is 16.4. The van der Waals surface area contributed by atoms with Crippen LogP contribution in [0.2, 0.25) is 0 Å². The second kappa shape index (κ2) is 4.55. The van der Waals surface area contributed by atoms with Gasteiger partial charge in [-0.05, 0) is 39.5 Å². The number of aliphatic carboxylic acids is 1. The third-order valence-electron chi connectivity index (χ3n) is 4.04. The van der Waals surface area contributed by atoms with Crippen LogP contribution in [0, 0.1) is 0 Å². The summed E-state index contributed by atoms with van der Waals surface area (Å²) in [5, 5.41) is 11.8. The van der Waals surface area contributed by atoms with Crippen LogP contribution in [0.15, 0.2) is 0 Å². The SMILES string of the molecule is CCC(C)(C)N(C)C(=O)NC1(C(=O)O)CCC1. The summed E-state index contributed by atoms with van der Waals surface area (Å²) in [5.74, 6) is -0.931. The van der Waals surface area contributed by atoms with Crippen molar-refractivity contribution in [3.05, 3.63) is 0 Å². The molecule has 0 aliphatic heterocycles. The van der Waals surface area contributed by atoms with Crippen molar-refractivity contribution >= 4 is 12.0 Å². The molecule has 1 saturated carbocycles. The van der Waals surface area contributed by atoms with Crippen molar-refractivity contribution in [1.82, 2.24) is 10.2 Å². The molecular formula is C12H22N2O3. The Labute approximate surface area is 102 Å². The maximum atomic E-state index is 12.0. The number of carbonyl (C=O) groups excluding carboxylic acids is 1. The topological polar surface area (TPSA) is 69.6 Å². The van der Waals surface area contributed by atoms with Crippen LogP contribution in [-0.4, -0.2) is 40.1 Å². The highest BCUT2D eigenvalue weighted by Crippen LogP contribution is 2.32. The fraction of sp³-hybridized carbons (Fsp3) is 0.833. The van der Waals surface area contributed by atoms with E-state index in [0.717, 1.165) is 12.8 Å². The van der Waals surface area contributed by atoms with Gasteiger partial charge in [-0.3, -0.25) is 0 Å². The molecule has 2 N–H and O–H groups in total. The number of carbonyl (C=O) groups is 2. The van der Waals surface area contributed by atoms with E-state index < -0.39 is 11.5 Å². The lowest BCUT2D eigenvalue weighted by Gasteiger charge is -2.42. The maximum Gasteiger partial charge on any atom is 0.329 e. The van der Waals surface area contributed by atoms with E-state index in [0.29, 0.717) is 12.8 Å². The van der Waals surface area contributed by atoms with Crippen LogP contribution in [-0.2, 0) is 4.79 Å². The molecule has 2 amide bonds. The first-order chi connectivity index (χ1) is 7.75. The molecule has 0 atom stereocenters. The summed E-state index contributed by atoms with van der Waals surface area (Å²) in [6.45, 7) is 5.92. The number of nitrogens with one attached hydrogen (secondary N) is 1. The van der Waals surface area contributed by atoms with Crippen LogP contribution in [0.4, 0.5) is 4.79 Å². The summed E-state index contributed by atoms with van der Waals surface area (Å²) < 4.78 is 0. The zero-order valence-electron chi connectivity index (χ0n) is 11.0. The number of rotatable bonds is 4. The molecule has 17 heavy (non-hydrogen) atoms. The van der Waals surface area contributed by atoms with Gasteiger partial charge in [-0.2, -0.15) is 0 Å². The van der Waals surface area contributed by atoms with Crippen LogP contribution in [0.1, 0.15) is 46.5 Å². The molecule has 0 spiro atoms. The lowest BCUT2D eigenvalue weighted by Crippen LogP contribution is -2.63. The quantitative estimate of drug-likeness (QED) is 0.790. The van der Waals surface area contributed by atoms with Gasteiger partial charge in [-0.15, -0.1) is 0 Å². The lowest BCUT2D eigenvalue weighted by molar-refractivity contribution is -0.148. The molecule has 1 aliphatic carbocycles. The molecule has 0 bridgehead atoms. The predicted octanol–water partition coefficient (Wildman–Crippen LogP) is 1.82. The number of carboxylic acids is 1. The van der Waals surface area contributed by atoms with Gasteiger partial charge in [0.1, 0.15) is 5.54 Å². The van der Waals surface area contributed by atoms with E-state index in [1.165, 1.54) is 0 Å². The summed E-state index contributed by atoms with van der Waals surface area (Å²) in [4.78, 5) is 24.7. The molecule has 0 aromatic carbocycles. The average Bonchev–Trinajstić information content (AvgIpc) is 2.21. The fourth-order valence-corrected chi connectivity index (χ4v) is 1.72. The Bertz CT molecular complexity index is 322. The van der Waals surface area contributed by atoms with Crippen LogP contribution in [0.3, 0.4) is 0 Å². The Morgan fingerprint density at radius 1 is 1.41 bits per heavy atom. The van der Waals surface area contributed by atoms with E-state index >= 15 is 0 Å². The number of nitrogens with zero attached hydrogens (tertiary/aromatic N) is 1. The van der Waals surface area contributed by atoms with E-state index in [-0.39, 0.29) is 11.6 Å². The van der Waals surface area contributed by atoms with Gasteiger partial charge in [0.05, 0.1) is 0 Å². The van der Waals surface area contributed by atoms with Gasteiger partial charge in [0.15, 0.2) is 0 Å². The van der Waals surface area contributed by atoms with Crippen LogP contribution in [0.5, 0.6) is 0 Å². The van der Waals surface area contributed by atoms with Gasteiger partial charge in [0.25, 0.3) is 0 Å². The van der Waals surface area contributed by atoms with Crippen LogP contribution in [0.25, 0.3) is 0 Å². The smallest absolute Gasteiger partial charge is 0.329 e. The molecule has 0 heterocycles. The molecule has 1 rings (SSSR count). The standard InChI is InChI=1S/C12H22N2O3/c1-5-11(2,3)14(4)10(17)13-12(9(15)16)7-6-8-12/h5-8H2,1-4H3,(H,13,17)(H,15,16). The highest BCUT2D eigenvalue weighted by Gasteiger charge is 2.46. The molecule has 0 aromatic heterocycles. The van der Waals surface area contributed by atoms with Gasteiger partial charge in [0, 0.05) is 12.6 Å². The summed E-state index contributed by atoms with van der Waals surface area (Å²) in [6.07, 6.45) is 2.72. The highest BCUT2D eigenvalue weighted by molar-refractivity contribution is 5.87. The first-order valence-corrected chi connectivity index (χ1v) is 6.04. The van der Waals surface area contributed by atoms with Crippen molar-refractivity contribution in [2.24, 2.45) is 0 Å². The van der Waals surface area contributed by atoms with Crippen molar-refractivity contribution in [2.45, 2.75) is 57.5 Å². The van der Waals surface area contributed by atoms with Gasteiger partial charge in [-0.25, -0.2) is 9.59 Å². The Hall–Kier alpha value is -1.26. The largest absolute Gasteiger partial charge is 0.480 e. The number of hydrogen-bond acceptors (Lipinski definition) is 2. The van der Waals surface area contributed by atoms with Crippen LogP contribution >= 0.6 is 0 Å². The number of carboxylic acid groups (broad SMARTS) is 1. The molecule has 0 aromatic rings. The zero-order chi connectivity index (χ0) is 13.3. The Morgan fingerprint density at radius 3 is 2.24 bits per heavy atom. The van der Waals surface area contributed by atoms with Gasteiger partial charge < -0.3 is 15.3 Å². The number of hydrogen-bond donors (Lipinski definition) is 2. The second-order valence-corrected chi connectivity index (χ2v) is 5.40. The summed E-state index contributed by atoms with van der Waals surface area (Å²) >= 11 is 0. The Kier molecular flexibility index (Phi) is 3.69. The summed E-state index contributed by atoms with van der Waals surface area (Å²) in [7, 11) is 1.70. The van der Waals surface area contributed by atoms with Crippen molar-refractivity contribution in [3.63, 3.8) is 0 Å². The minimum atomic E-state index is -1.03. The van der Waals surface area contributed by atoms with Crippen molar-refractivity contribution in [1.29, 1.82) is 0 Å². The second-order valence-electron chi connectivity index (χ2n) is 5.40. The van der Waals surface area contributed by atoms with E-state index in [1.807, 2.05) is 20.8 Å². The molecule has 0 unspecified atom stereocenters. The molecule has 0 saturated heterocycles. The van der Waals surface area contributed by atoms with E-state index in [1.54, 1.807) is 11.9 Å². The minimum absolute atomic E-state index is 0.270. The third-order valence-corrected chi connectivity index (χ3v) is 4.04. The van der Waals surface area contributed by atoms with Crippen molar-refractivity contribution < 1.29 is 14.7 Å². The molecule has 1 aliphatic rings. The molecule has 5 heteroatoms. The van der Waals surface area contributed by atoms with Crippen molar-refractivity contribution in [3.8, 4) is 0 Å². The van der Waals surface area contributed by atoms with E-state index in [9.17, 15) is 9.59 Å². The predicted molar refractivity (Wildman–Crippen MR) is 64.9 cm³/mol. The van der Waals surface area contributed by atoms with Crippen molar-refractivity contribution in [2.75, 3.05) is 7.05 Å². The Balaban J connectivity index is 2.69. The normalized spacial score (nSPS) is 18.1. The third kappa shape index (κ3) is 2.53. The molecule has 98 valence electrons. The first-order valence-electron chi connectivity index (χ1n) is 6.04. The summed E-state index contributed by atoms with van der Waals surface area (Å²) in [5.41, 5.74) is -1.30. The Morgan fingerprint density at radius 2 is 1.94 bits per heavy atom. The van der Waals surface area contributed by atoms with E-state index in [2.05, 4.69) is 5.32 Å². The van der Waals surface area contributed by atoms with Gasteiger partial charge in [0.2, 0.25) is 0 Å². The number of urea groups is 1. The average molecular weight is 242 g/mol. The summed E-state index contributed by atoms with van der Waals surface area (Å²) in [6, 6.07) is -0.307. The molecule has 5 nitrogen and oxygen atoms in total. The van der Waals surface area contributed by atoms with Crippen LogP contribution < -0.4 is 5.32 Å². The first kappa shape index (κ1) is 13.8. The minimum Gasteiger partial charge on any atom is -0.480 e. The van der Waals surface area contributed by atoms with Gasteiger partial charge in [-0.1, -0.05) is 6.92 Å². The number of amides is 2.